The molecule has 0 unspecified atom stereocenters. The second-order valence-corrected chi connectivity index (χ2v) is 5.96. The molecule has 2 aromatic rings. The lowest BCUT2D eigenvalue weighted by atomic mass is 10.3. The summed E-state index contributed by atoms with van der Waals surface area (Å²) < 4.78 is 5.60. The van der Waals surface area contributed by atoms with Gasteiger partial charge in [-0.05, 0) is 44.5 Å². The molecular weight excluding hydrogens is 330 g/mol. The monoisotopic (exact) mass is 351 g/mol. The van der Waals surface area contributed by atoms with Gasteiger partial charge in [-0.2, -0.15) is 5.10 Å². The van der Waals surface area contributed by atoms with Crippen LogP contribution in [0.15, 0.2) is 24.3 Å². The molecule has 130 valence electrons. The number of amides is 2. The van der Waals surface area contributed by atoms with Gasteiger partial charge in [-0.3, -0.25) is 5.10 Å². The Balaban J connectivity index is 1.68. The zero-order chi connectivity index (χ0) is 17.5. The van der Waals surface area contributed by atoms with E-state index in [0.29, 0.717) is 24.0 Å². The number of halogens is 1. The second kappa shape index (κ2) is 8.54. The van der Waals surface area contributed by atoms with Crippen LogP contribution in [0.2, 0.25) is 5.02 Å². The van der Waals surface area contributed by atoms with E-state index in [2.05, 4.69) is 20.5 Å². The Morgan fingerprint density at radius 1 is 1.42 bits per heavy atom. The van der Waals surface area contributed by atoms with E-state index in [0.717, 1.165) is 18.0 Å². The predicted molar refractivity (Wildman–Crippen MR) is 92.3 cm³/mol. The third-order valence-electron chi connectivity index (χ3n) is 3.41. The normalized spacial score (nSPS) is 11.8. The molecule has 1 atom stereocenters. The smallest absolute Gasteiger partial charge is 0.317 e. The zero-order valence-electron chi connectivity index (χ0n) is 14.0. The first-order chi connectivity index (χ1) is 11.5. The first kappa shape index (κ1) is 18.1. The summed E-state index contributed by atoms with van der Waals surface area (Å²) in [5.41, 5.74) is 0. The number of rotatable bonds is 7. The summed E-state index contributed by atoms with van der Waals surface area (Å²) in [5.74, 6) is 2.05. The number of hydrogen-bond donors (Lipinski definition) is 2. The van der Waals surface area contributed by atoms with E-state index in [1.165, 1.54) is 0 Å². The second-order valence-electron chi connectivity index (χ2n) is 5.53. The number of H-pyrrole nitrogens is 1. The highest BCUT2D eigenvalue weighted by Gasteiger charge is 2.16. The fourth-order valence-electron chi connectivity index (χ4n) is 2.04. The third kappa shape index (κ3) is 5.42. The van der Waals surface area contributed by atoms with Crippen molar-refractivity contribution in [3.63, 3.8) is 0 Å². The van der Waals surface area contributed by atoms with Crippen LogP contribution in [-0.4, -0.2) is 46.3 Å². The van der Waals surface area contributed by atoms with Gasteiger partial charge in [-0.15, -0.1) is 0 Å². The molecule has 1 aromatic heterocycles. The Morgan fingerprint density at radius 3 is 2.75 bits per heavy atom. The minimum absolute atomic E-state index is 0.170. The number of carbonyl (C=O) groups is 1. The van der Waals surface area contributed by atoms with Crippen molar-refractivity contribution in [2.75, 3.05) is 20.2 Å². The Morgan fingerprint density at radius 2 is 2.12 bits per heavy atom. The van der Waals surface area contributed by atoms with Crippen molar-refractivity contribution in [2.24, 2.45) is 0 Å². The number of carbonyl (C=O) groups excluding carboxylic acids is 1. The fourth-order valence-corrected chi connectivity index (χ4v) is 2.16. The molecule has 0 fully saturated rings. The highest BCUT2D eigenvalue weighted by Crippen LogP contribution is 2.15. The average Bonchev–Trinajstić information content (AvgIpc) is 2.99. The highest BCUT2D eigenvalue weighted by molar-refractivity contribution is 6.30. The van der Waals surface area contributed by atoms with Gasteiger partial charge < -0.3 is 15.0 Å². The van der Waals surface area contributed by atoms with Crippen LogP contribution >= 0.6 is 11.6 Å². The Labute approximate surface area is 146 Å². The van der Waals surface area contributed by atoms with E-state index in [4.69, 9.17) is 16.3 Å². The van der Waals surface area contributed by atoms with Crippen molar-refractivity contribution in [1.82, 2.24) is 25.4 Å². The molecule has 0 aliphatic heterocycles. The zero-order valence-corrected chi connectivity index (χ0v) is 14.8. The number of aromatic amines is 1. The van der Waals surface area contributed by atoms with Crippen LogP contribution in [0.1, 0.15) is 31.0 Å². The van der Waals surface area contributed by atoms with Crippen molar-refractivity contribution in [3.05, 3.63) is 40.9 Å². The summed E-state index contributed by atoms with van der Waals surface area (Å²) >= 11 is 5.82. The summed E-state index contributed by atoms with van der Waals surface area (Å²) in [5, 5.41) is 10.3. The van der Waals surface area contributed by atoms with Crippen molar-refractivity contribution < 1.29 is 9.53 Å². The third-order valence-corrected chi connectivity index (χ3v) is 3.66. The molecule has 0 saturated carbocycles. The van der Waals surface area contributed by atoms with E-state index < -0.39 is 0 Å². The van der Waals surface area contributed by atoms with Crippen molar-refractivity contribution in [2.45, 2.75) is 26.3 Å². The number of aromatic nitrogens is 3. The lowest BCUT2D eigenvalue weighted by Gasteiger charge is -2.20. The lowest BCUT2D eigenvalue weighted by Crippen LogP contribution is -2.39. The van der Waals surface area contributed by atoms with Gasteiger partial charge in [0.05, 0.1) is 12.6 Å². The van der Waals surface area contributed by atoms with Gasteiger partial charge in [0.2, 0.25) is 0 Å². The van der Waals surface area contributed by atoms with Gasteiger partial charge in [0.25, 0.3) is 0 Å². The molecule has 0 saturated heterocycles. The Hall–Kier alpha value is -2.28. The number of ether oxygens (including phenoxy) is 1. The van der Waals surface area contributed by atoms with Gasteiger partial charge in [0.15, 0.2) is 5.82 Å². The SMILES string of the molecule is Cc1nc([C@@H](C)NC(=O)N(C)CCCOc2ccc(Cl)cc2)n[nH]1. The molecule has 2 amide bonds. The lowest BCUT2D eigenvalue weighted by molar-refractivity contribution is 0.200. The topological polar surface area (TPSA) is 83.1 Å². The molecule has 2 N–H and O–H groups in total. The fraction of sp³-hybridized carbons (Fsp3) is 0.438. The van der Waals surface area contributed by atoms with Gasteiger partial charge in [0, 0.05) is 18.6 Å². The van der Waals surface area contributed by atoms with Crippen LogP contribution in [-0.2, 0) is 0 Å². The Kier molecular flexibility index (Phi) is 6.43. The van der Waals surface area contributed by atoms with Crippen LogP contribution in [0.3, 0.4) is 0 Å². The summed E-state index contributed by atoms with van der Waals surface area (Å²) in [6.45, 7) is 4.77. The van der Waals surface area contributed by atoms with E-state index >= 15 is 0 Å². The Bertz CT molecular complexity index is 659. The molecular formula is C16H22ClN5O2. The van der Waals surface area contributed by atoms with E-state index in [9.17, 15) is 4.79 Å². The van der Waals surface area contributed by atoms with Crippen molar-refractivity contribution in [1.29, 1.82) is 0 Å². The molecule has 0 aliphatic rings. The summed E-state index contributed by atoms with van der Waals surface area (Å²) in [6, 6.07) is 6.77. The number of nitrogens with zero attached hydrogens (tertiary/aromatic N) is 3. The molecule has 8 heteroatoms. The number of nitrogens with one attached hydrogen (secondary N) is 2. The predicted octanol–water partition coefficient (Wildman–Crippen LogP) is 2.94. The van der Waals surface area contributed by atoms with E-state index in [1.54, 1.807) is 24.1 Å². The summed E-state index contributed by atoms with van der Waals surface area (Å²) in [7, 11) is 1.74. The first-order valence-corrected chi connectivity index (χ1v) is 8.12. The van der Waals surface area contributed by atoms with E-state index in [1.807, 2.05) is 26.0 Å². The van der Waals surface area contributed by atoms with Crippen LogP contribution in [0.25, 0.3) is 0 Å². The molecule has 0 radical (unpaired) electrons. The highest BCUT2D eigenvalue weighted by atomic mass is 35.5. The number of urea groups is 1. The molecule has 1 heterocycles. The summed E-state index contributed by atoms with van der Waals surface area (Å²) in [4.78, 5) is 17.9. The minimum atomic E-state index is -0.254. The largest absolute Gasteiger partial charge is 0.494 e. The average molecular weight is 352 g/mol. The molecule has 2 rings (SSSR count). The number of hydrogen-bond acceptors (Lipinski definition) is 4. The van der Waals surface area contributed by atoms with Crippen molar-refractivity contribution in [3.8, 4) is 5.75 Å². The maximum absolute atomic E-state index is 12.1. The van der Waals surface area contributed by atoms with Gasteiger partial charge >= 0.3 is 6.03 Å². The first-order valence-electron chi connectivity index (χ1n) is 7.74. The van der Waals surface area contributed by atoms with Crippen molar-refractivity contribution >= 4 is 17.6 Å². The number of benzene rings is 1. The molecule has 1 aromatic carbocycles. The maximum Gasteiger partial charge on any atom is 0.317 e. The molecule has 7 nitrogen and oxygen atoms in total. The quantitative estimate of drug-likeness (QED) is 0.751. The minimum Gasteiger partial charge on any atom is -0.494 e. The molecule has 0 bridgehead atoms. The van der Waals surface area contributed by atoms with Crippen LogP contribution < -0.4 is 10.1 Å². The maximum atomic E-state index is 12.1. The standard InChI is InChI=1S/C16H22ClN5O2/c1-11(15-19-12(2)20-21-15)18-16(23)22(3)9-4-10-24-14-7-5-13(17)6-8-14/h5-8,11H,4,9-10H2,1-3H3,(H,18,23)(H,19,20,21)/t11-/m1/s1. The van der Waals surface area contributed by atoms with Crippen LogP contribution in [0, 0.1) is 6.92 Å². The van der Waals surface area contributed by atoms with Crippen LogP contribution in [0.5, 0.6) is 5.75 Å². The van der Waals surface area contributed by atoms with Gasteiger partial charge in [-0.25, -0.2) is 9.78 Å². The van der Waals surface area contributed by atoms with E-state index in [-0.39, 0.29) is 12.1 Å². The molecule has 24 heavy (non-hydrogen) atoms. The van der Waals surface area contributed by atoms with Crippen LogP contribution in [0.4, 0.5) is 4.79 Å². The molecule has 0 spiro atoms. The summed E-state index contributed by atoms with van der Waals surface area (Å²) in [6.07, 6.45) is 0.723. The van der Waals surface area contributed by atoms with Gasteiger partial charge in [0.1, 0.15) is 11.6 Å². The van der Waals surface area contributed by atoms with Gasteiger partial charge in [-0.1, -0.05) is 11.6 Å². The molecule has 0 aliphatic carbocycles. The number of aryl methyl sites for hydroxylation is 1.